The molecule has 1 aromatic rings. The minimum absolute atomic E-state index is 0.0281. The summed E-state index contributed by atoms with van der Waals surface area (Å²) in [6.45, 7) is 5.34. The molecule has 0 unspecified atom stereocenters. The van der Waals surface area contributed by atoms with E-state index >= 15 is 0 Å². The summed E-state index contributed by atoms with van der Waals surface area (Å²) < 4.78 is 38.2. The van der Waals surface area contributed by atoms with E-state index in [9.17, 15) is 22.8 Å². The van der Waals surface area contributed by atoms with Crippen molar-refractivity contribution in [3.63, 3.8) is 0 Å². The number of imide groups is 1. The number of nitrogens with zero attached hydrogens (tertiary/aromatic N) is 1. The average molecular weight is 288 g/mol. The first-order valence-electron chi connectivity index (χ1n) is 5.86. The second kappa shape index (κ2) is 5.60. The van der Waals surface area contributed by atoms with E-state index in [2.05, 4.69) is 4.98 Å². The normalized spacial score (nSPS) is 12.1. The first kappa shape index (κ1) is 16.1. The number of rotatable bonds is 2. The first-order chi connectivity index (χ1) is 9.00. The number of aromatic nitrogens is 1. The monoisotopic (exact) mass is 288 g/mol. The van der Waals surface area contributed by atoms with Crippen molar-refractivity contribution in [2.75, 3.05) is 0 Å². The van der Waals surface area contributed by atoms with Crippen LogP contribution in [0, 0.1) is 5.41 Å². The van der Waals surface area contributed by atoms with Crippen molar-refractivity contribution in [1.82, 2.24) is 10.3 Å². The number of carbonyl (C=O) groups excluding carboxylic acids is 2. The Labute approximate surface area is 114 Å². The molecule has 4 nitrogen and oxygen atoms in total. The van der Waals surface area contributed by atoms with Gasteiger partial charge in [0.15, 0.2) is 0 Å². The standard InChI is InChI=1S/C13H15F3N2O2/c1-12(2,3)6-10(19)18-11(20)8-7-17-5-4-9(8)13(14,15)16/h4-5,7H,6H2,1-3H3,(H,18,19,20). The van der Waals surface area contributed by atoms with Gasteiger partial charge in [-0.2, -0.15) is 13.2 Å². The molecule has 0 saturated heterocycles. The second-order valence-electron chi connectivity index (χ2n) is 5.53. The molecule has 0 spiro atoms. The maximum absolute atomic E-state index is 12.7. The van der Waals surface area contributed by atoms with Crippen LogP contribution in [0.1, 0.15) is 43.1 Å². The highest BCUT2D eigenvalue weighted by molar-refractivity contribution is 6.05. The van der Waals surface area contributed by atoms with Crippen LogP contribution in [-0.4, -0.2) is 16.8 Å². The molecule has 0 fully saturated rings. The quantitative estimate of drug-likeness (QED) is 0.910. The van der Waals surface area contributed by atoms with Crippen molar-refractivity contribution >= 4 is 11.8 Å². The lowest BCUT2D eigenvalue weighted by Gasteiger charge is -2.17. The van der Waals surface area contributed by atoms with E-state index in [-0.39, 0.29) is 11.8 Å². The summed E-state index contributed by atoms with van der Waals surface area (Å²) in [7, 11) is 0. The highest BCUT2D eigenvalue weighted by Gasteiger charge is 2.35. The molecule has 110 valence electrons. The van der Waals surface area contributed by atoms with E-state index in [1.807, 2.05) is 5.32 Å². The Bertz CT molecular complexity index is 519. The van der Waals surface area contributed by atoms with Crippen LogP contribution in [0.3, 0.4) is 0 Å². The van der Waals surface area contributed by atoms with E-state index in [4.69, 9.17) is 0 Å². The van der Waals surface area contributed by atoms with Crippen molar-refractivity contribution in [3.8, 4) is 0 Å². The van der Waals surface area contributed by atoms with Crippen molar-refractivity contribution in [2.24, 2.45) is 5.41 Å². The highest BCUT2D eigenvalue weighted by atomic mass is 19.4. The molecule has 1 N–H and O–H groups in total. The van der Waals surface area contributed by atoms with Crippen LogP contribution >= 0.6 is 0 Å². The number of carbonyl (C=O) groups is 2. The zero-order chi connectivity index (χ0) is 15.6. The zero-order valence-corrected chi connectivity index (χ0v) is 11.3. The van der Waals surface area contributed by atoms with Crippen LogP contribution in [0.5, 0.6) is 0 Å². The summed E-state index contributed by atoms with van der Waals surface area (Å²) in [6.07, 6.45) is -2.91. The Balaban J connectivity index is 2.92. The molecule has 1 rings (SSSR count). The van der Waals surface area contributed by atoms with Gasteiger partial charge in [-0.15, -0.1) is 0 Å². The van der Waals surface area contributed by atoms with Gasteiger partial charge in [-0.1, -0.05) is 20.8 Å². The van der Waals surface area contributed by atoms with E-state index < -0.39 is 29.1 Å². The molecular formula is C13H15F3N2O2. The van der Waals surface area contributed by atoms with Crippen molar-refractivity contribution in [1.29, 1.82) is 0 Å². The Morgan fingerprint density at radius 1 is 1.25 bits per heavy atom. The maximum Gasteiger partial charge on any atom is 0.417 e. The van der Waals surface area contributed by atoms with Crippen LogP contribution in [-0.2, 0) is 11.0 Å². The number of hydrogen-bond acceptors (Lipinski definition) is 3. The molecule has 1 aromatic heterocycles. The van der Waals surface area contributed by atoms with Gasteiger partial charge in [-0.05, 0) is 11.5 Å². The molecule has 0 radical (unpaired) electrons. The van der Waals surface area contributed by atoms with E-state index in [1.165, 1.54) is 0 Å². The SMILES string of the molecule is CC(C)(C)CC(=O)NC(=O)c1cnccc1C(F)(F)F. The van der Waals surface area contributed by atoms with Crippen LogP contribution in [0.15, 0.2) is 18.5 Å². The van der Waals surface area contributed by atoms with Gasteiger partial charge in [0, 0.05) is 18.8 Å². The third kappa shape index (κ3) is 4.64. The Morgan fingerprint density at radius 2 is 1.85 bits per heavy atom. The minimum Gasteiger partial charge on any atom is -0.292 e. The predicted molar refractivity (Wildman–Crippen MR) is 65.8 cm³/mol. The molecule has 20 heavy (non-hydrogen) atoms. The summed E-state index contributed by atoms with van der Waals surface area (Å²) in [5.41, 5.74) is -2.15. The molecule has 0 saturated carbocycles. The highest BCUT2D eigenvalue weighted by Crippen LogP contribution is 2.31. The second-order valence-corrected chi connectivity index (χ2v) is 5.53. The van der Waals surface area contributed by atoms with Gasteiger partial charge in [-0.25, -0.2) is 0 Å². The van der Waals surface area contributed by atoms with E-state index in [0.717, 1.165) is 12.4 Å². The van der Waals surface area contributed by atoms with Crippen LogP contribution in [0.2, 0.25) is 0 Å². The van der Waals surface area contributed by atoms with Gasteiger partial charge in [0.1, 0.15) is 0 Å². The fourth-order valence-corrected chi connectivity index (χ4v) is 1.54. The maximum atomic E-state index is 12.7. The minimum atomic E-state index is -4.68. The summed E-state index contributed by atoms with van der Waals surface area (Å²) in [4.78, 5) is 26.8. The summed E-state index contributed by atoms with van der Waals surface area (Å²) in [5, 5.41) is 1.95. The molecule has 0 aliphatic heterocycles. The van der Waals surface area contributed by atoms with Crippen LogP contribution < -0.4 is 5.32 Å². The zero-order valence-electron chi connectivity index (χ0n) is 11.3. The van der Waals surface area contributed by atoms with Crippen LogP contribution in [0.4, 0.5) is 13.2 Å². The predicted octanol–water partition coefficient (Wildman–Crippen LogP) is 2.79. The van der Waals surface area contributed by atoms with E-state index in [1.54, 1.807) is 20.8 Å². The molecule has 0 aliphatic rings. The van der Waals surface area contributed by atoms with Gasteiger partial charge in [0.05, 0.1) is 11.1 Å². The number of pyridine rings is 1. The fraction of sp³-hybridized carbons (Fsp3) is 0.462. The topological polar surface area (TPSA) is 59.1 Å². The molecule has 1 heterocycles. The summed E-state index contributed by atoms with van der Waals surface area (Å²) in [6, 6.07) is 0.698. The van der Waals surface area contributed by atoms with Gasteiger partial charge in [-0.3, -0.25) is 19.9 Å². The summed E-state index contributed by atoms with van der Waals surface area (Å²) >= 11 is 0. The Kier molecular flexibility index (Phi) is 4.52. The van der Waals surface area contributed by atoms with Crippen molar-refractivity contribution < 1.29 is 22.8 Å². The number of amides is 2. The average Bonchev–Trinajstić information content (AvgIpc) is 2.25. The molecule has 0 aliphatic carbocycles. The number of halogens is 3. The Morgan fingerprint density at radius 3 is 2.35 bits per heavy atom. The lowest BCUT2D eigenvalue weighted by atomic mass is 9.92. The van der Waals surface area contributed by atoms with E-state index in [0.29, 0.717) is 6.07 Å². The molecular weight excluding hydrogens is 273 g/mol. The largest absolute Gasteiger partial charge is 0.417 e. The van der Waals surface area contributed by atoms with Crippen molar-refractivity contribution in [2.45, 2.75) is 33.4 Å². The van der Waals surface area contributed by atoms with Crippen LogP contribution in [0.25, 0.3) is 0 Å². The number of nitrogens with one attached hydrogen (secondary N) is 1. The first-order valence-corrected chi connectivity index (χ1v) is 5.86. The molecule has 0 aromatic carbocycles. The van der Waals surface area contributed by atoms with Gasteiger partial charge >= 0.3 is 6.18 Å². The molecule has 2 amide bonds. The third-order valence-corrected chi connectivity index (χ3v) is 2.31. The number of alkyl halides is 3. The third-order valence-electron chi connectivity index (χ3n) is 2.31. The molecule has 0 bridgehead atoms. The Hall–Kier alpha value is -1.92. The summed E-state index contributed by atoms with van der Waals surface area (Å²) in [5.74, 6) is -1.72. The lowest BCUT2D eigenvalue weighted by Crippen LogP contribution is -2.34. The van der Waals surface area contributed by atoms with Gasteiger partial charge in [0.2, 0.25) is 5.91 Å². The fourth-order valence-electron chi connectivity index (χ4n) is 1.54. The lowest BCUT2D eigenvalue weighted by molar-refractivity contribution is -0.138. The van der Waals surface area contributed by atoms with Crippen molar-refractivity contribution in [3.05, 3.63) is 29.6 Å². The van der Waals surface area contributed by atoms with Gasteiger partial charge < -0.3 is 0 Å². The molecule has 7 heteroatoms. The smallest absolute Gasteiger partial charge is 0.292 e. The van der Waals surface area contributed by atoms with Gasteiger partial charge in [0.25, 0.3) is 5.91 Å². The number of hydrogen-bond donors (Lipinski definition) is 1. The molecule has 0 atom stereocenters.